The van der Waals surface area contributed by atoms with Crippen LogP contribution in [0.2, 0.25) is 5.02 Å². The number of aromatic nitrogens is 2. The molecule has 0 bridgehead atoms. The van der Waals surface area contributed by atoms with Crippen molar-refractivity contribution in [1.82, 2.24) is 9.97 Å². The van der Waals surface area contributed by atoms with Crippen LogP contribution in [0.3, 0.4) is 0 Å². The Balaban J connectivity index is 1.82. The van der Waals surface area contributed by atoms with E-state index in [0.717, 1.165) is 46.6 Å². The van der Waals surface area contributed by atoms with Gasteiger partial charge in [0.25, 0.3) is 0 Å². The zero-order valence-corrected chi connectivity index (χ0v) is 15.6. The quantitative estimate of drug-likeness (QED) is 0.525. The molecule has 25 heavy (non-hydrogen) atoms. The summed E-state index contributed by atoms with van der Waals surface area (Å²) in [5.41, 5.74) is 2.03. The Hall–Kier alpha value is -2.04. The third kappa shape index (κ3) is 5.21. The van der Waals surface area contributed by atoms with E-state index in [1.54, 1.807) is 11.8 Å². The van der Waals surface area contributed by atoms with Gasteiger partial charge in [-0.1, -0.05) is 48.9 Å². The first-order valence-electron chi connectivity index (χ1n) is 8.30. The predicted molar refractivity (Wildman–Crippen MR) is 107 cm³/mol. The number of halogens is 1. The molecule has 5 heteroatoms. The third-order valence-corrected chi connectivity index (χ3v) is 4.87. The molecule has 3 aromatic rings. The zero-order chi connectivity index (χ0) is 17.5. The minimum absolute atomic E-state index is 0.754. The highest BCUT2D eigenvalue weighted by molar-refractivity contribution is 7.98. The first-order chi connectivity index (χ1) is 12.2. The summed E-state index contributed by atoms with van der Waals surface area (Å²) in [7, 11) is 0. The Morgan fingerprint density at radius 2 is 1.76 bits per heavy atom. The van der Waals surface area contributed by atoms with Crippen LogP contribution in [0.15, 0.2) is 65.6 Å². The smallest absolute Gasteiger partial charge is 0.161 e. The van der Waals surface area contributed by atoms with Gasteiger partial charge in [-0.05, 0) is 30.7 Å². The number of rotatable bonds is 7. The number of nitrogens with one attached hydrogen (secondary N) is 1. The summed E-state index contributed by atoms with van der Waals surface area (Å²) in [4.78, 5) is 10.6. The van der Waals surface area contributed by atoms with Crippen LogP contribution >= 0.6 is 23.4 Å². The number of benzene rings is 2. The lowest BCUT2D eigenvalue weighted by Gasteiger charge is -2.10. The van der Waals surface area contributed by atoms with E-state index in [1.807, 2.05) is 60.7 Å². The molecule has 0 saturated heterocycles. The van der Waals surface area contributed by atoms with E-state index < -0.39 is 0 Å². The predicted octanol–water partition coefficient (Wildman–Crippen LogP) is 5.91. The van der Waals surface area contributed by atoms with E-state index in [1.165, 1.54) is 4.90 Å². The van der Waals surface area contributed by atoms with E-state index in [4.69, 9.17) is 16.6 Å². The Morgan fingerprint density at radius 3 is 2.48 bits per heavy atom. The van der Waals surface area contributed by atoms with Crippen LogP contribution in [0.4, 0.5) is 5.82 Å². The van der Waals surface area contributed by atoms with Gasteiger partial charge in [-0.15, -0.1) is 11.8 Å². The second-order valence-corrected chi connectivity index (χ2v) is 7.09. The second-order valence-electron chi connectivity index (χ2n) is 5.60. The molecule has 0 fully saturated rings. The molecule has 0 amide bonds. The standard InChI is InChI=1S/C20H20ClN3S/c1-2-12-22-19-13-17(14-25-18-10-8-16(21)9-11-18)23-20(24-19)15-6-4-3-5-7-15/h3-11,13H,2,12,14H2,1H3,(H,22,23,24). The van der Waals surface area contributed by atoms with Crippen molar-refractivity contribution in [2.24, 2.45) is 0 Å². The molecule has 0 radical (unpaired) electrons. The Kier molecular flexibility index (Phi) is 6.31. The SMILES string of the molecule is CCCNc1cc(CSc2ccc(Cl)cc2)nc(-c2ccccc2)n1. The van der Waals surface area contributed by atoms with Gasteiger partial charge >= 0.3 is 0 Å². The van der Waals surface area contributed by atoms with Crippen molar-refractivity contribution < 1.29 is 0 Å². The minimum Gasteiger partial charge on any atom is -0.370 e. The second kappa shape index (κ2) is 8.88. The molecule has 2 aromatic carbocycles. The normalized spacial score (nSPS) is 10.6. The molecule has 0 atom stereocenters. The van der Waals surface area contributed by atoms with Gasteiger partial charge in [0.15, 0.2) is 5.82 Å². The van der Waals surface area contributed by atoms with Crippen LogP contribution < -0.4 is 5.32 Å². The van der Waals surface area contributed by atoms with Crippen molar-refractivity contribution in [3.05, 3.63) is 71.4 Å². The molecule has 3 nitrogen and oxygen atoms in total. The monoisotopic (exact) mass is 369 g/mol. The van der Waals surface area contributed by atoms with Crippen molar-refractivity contribution in [1.29, 1.82) is 0 Å². The Morgan fingerprint density at radius 1 is 1.00 bits per heavy atom. The van der Waals surface area contributed by atoms with E-state index in [9.17, 15) is 0 Å². The highest BCUT2D eigenvalue weighted by atomic mass is 35.5. The maximum absolute atomic E-state index is 5.95. The highest BCUT2D eigenvalue weighted by Crippen LogP contribution is 2.26. The number of hydrogen-bond donors (Lipinski definition) is 1. The molecule has 0 unspecified atom stereocenters. The maximum Gasteiger partial charge on any atom is 0.161 e. The maximum atomic E-state index is 5.95. The number of nitrogens with zero attached hydrogens (tertiary/aromatic N) is 2. The van der Waals surface area contributed by atoms with E-state index in [0.29, 0.717) is 0 Å². The average Bonchev–Trinajstić information content (AvgIpc) is 2.66. The molecule has 0 aliphatic heterocycles. The van der Waals surface area contributed by atoms with Gasteiger partial charge in [0.05, 0.1) is 5.69 Å². The first-order valence-corrected chi connectivity index (χ1v) is 9.66. The molecule has 1 heterocycles. The van der Waals surface area contributed by atoms with E-state index in [2.05, 4.69) is 17.2 Å². The average molecular weight is 370 g/mol. The zero-order valence-electron chi connectivity index (χ0n) is 14.1. The fraction of sp³-hybridized carbons (Fsp3) is 0.200. The molecule has 0 saturated carbocycles. The summed E-state index contributed by atoms with van der Waals surface area (Å²) < 4.78 is 0. The van der Waals surface area contributed by atoms with Crippen molar-refractivity contribution in [2.75, 3.05) is 11.9 Å². The van der Waals surface area contributed by atoms with Crippen LogP contribution in [0.1, 0.15) is 19.0 Å². The highest BCUT2D eigenvalue weighted by Gasteiger charge is 2.07. The van der Waals surface area contributed by atoms with Crippen molar-refractivity contribution in [3.63, 3.8) is 0 Å². The first kappa shape index (κ1) is 17.8. The Bertz CT molecular complexity index is 807. The van der Waals surface area contributed by atoms with Gasteiger partial charge < -0.3 is 5.32 Å². The number of anilines is 1. The fourth-order valence-corrected chi connectivity index (χ4v) is 3.24. The molecule has 3 rings (SSSR count). The lowest BCUT2D eigenvalue weighted by molar-refractivity contribution is 0.961. The lowest BCUT2D eigenvalue weighted by atomic mass is 10.2. The largest absolute Gasteiger partial charge is 0.370 e. The molecule has 1 N–H and O–H groups in total. The summed E-state index contributed by atoms with van der Waals surface area (Å²) in [6, 6.07) is 20.0. The summed E-state index contributed by atoms with van der Waals surface area (Å²) >= 11 is 7.69. The van der Waals surface area contributed by atoms with Crippen LogP contribution in [-0.2, 0) is 5.75 Å². The van der Waals surface area contributed by atoms with Gasteiger partial charge in [0.1, 0.15) is 5.82 Å². The van der Waals surface area contributed by atoms with Crippen LogP contribution in [-0.4, -0.2) is 16.5 Å². The van der Waals surface area contributed by atoms with E-state index >= 15 is 0 Å². The molecular weight excluding hydrogens is 350 g/mol. The van der Waals surface area contributed by atoms with Crippen molar-refractivity contribution >= 4 is 29.2 Å². The fourth-order valence-electron chi connectivity index (χ4n) is 2.32. The Labute approximate surface area is 157 Å². The van der Waals surface area contributed by atoms with Gasteiger partial charge in [-0.25, -0.2) is 9.97 Å². The van der Waals surface area contributed by atoms with E-state index in [-0.39, 0.29) is 0 Å². The van der Waals surface area contributed by atoms with Crippen LogP contribution in [0.25, 0.3) is 11.4 Å². The van der Waals surface area contributed by atoms with Gasteiger partial charge in [0, 0.05) is 33.8 Å². The molecule has 128 valence electrons. The van der Waals surface area contributed by atoms with Crippen molar-refractivity contribution in [3.8, 4) is 11.4 Å². The lowest BCUT2D eigenvalue weighted by Crippen LogP contribution is -2.05. The molecule has 1 aromatic heterocycles. The summed E-state index contributed by atoms with van der Waals surface area (Å²) in [5, 5.41) is 4.13. The minimum atomic E-state index is 0.754. The summed E-state index contributed by atoms with van der Waals surface area (Å²) in [6.07, 6.45) is 1.06. The topological polar surface area (TPSA) is 37.8 Å². The molecule has 0 spiro atoms. The van der Waals surface area contributed by atoms with Gasteiger partial charge in [-0.2, -0.15) is 0 Å². The van der Waals surface area contributed by atoms with Crippen molar-refractivity contribution in [2.45, 2.75) is 24.0 Å². The van der Waals surface area contributed by atoms with Crippen LogP contribution in [0.5, 0.6) is 0 Å². The third-order valence-electron chi connectivity index (χ3n) is 3.57. The van der Waals surface area contributed by atoms with Gasteiger partial charge in [0.2, 0.25) is 0 Å². The molecule has 0 aliphatic rings. The number of hydrogen-bond acceptors (Lipinski definition) is 4. The molecule has 0 aliphatic carbocycles. The number of thioether (sulfide) groups is 1. The molecular formula is C20H20ClN3S. The summed E-state index contributed by atoms with van der Waals surface area (Å²) in [5.74, 6) is 2.42. The summed E-state index contributed by atoms with van der Waals surface area (Å²) in [6.45, 7) is 3.04. The van der Waals surface area contributed by atoms with Gasteiger partial charge in [-0.3, -0.25) is 0 Å². The van der Waals surface area contributed by atoms with Crippen LogP contribution in [0, 0.1) is 0 Å².